The molecule has 2 rings (SSSR count). The van der Waals surface area contributed by atoms with Crippen molar-refractivity contribution in [1.82, 2.24) is 0 Å². The van der Waals surface area contributed by atoms with Crippen LogP contribution in [0, 0.1) is 5.92 Å². The monoisotopic (exact) mass is 282 g/mol. The van der Waals surface area contributed by atoms with E-state index in [1.54, 1.807) is 7.11 Å². The van der Waals surface area contributed by atoms with Crippen molar-refractivity contribution in [3.05, 3.63) is 29.8 Å². The van der Waals surface area contributed by atoms with Gasteiger partial charge in [-0.15, -0.1) is 0 Å². The lowest BCUT2D eigenvalue weighted by Gasteiger charge is -2.27. The van der Waals surface area contributed by atoms with E-state index < -0.39 is 9.84 Å². The molecule has 0 aromatic heterocycles. The van der Waals surface area contributed by atoms with Crippen LogP contribution in [-0.2, 0) is 14.6 Å². The zero-order chi connectivity index (χ0) is 13.9. The fourth-order valence-electron chi connectivity index (χ4n) is 2.65. The molecule has 0 saturated carbocycles. The zero-order valence-corrected chi connectivity index (χ0v) is 11.7. The summed E-state index contributed by atoms with van der Waals surface area (Å²) in [6.07, 6.45) is 2.01. The molecule has 0 amide bonds. The number of carbonyl (C=O) groups is 1. The fourth-order valence-corrected chi connectivity index (χ4v) is 4.18. The van der Waals surface area contributed by atoms with Gasteiger partial charge < -0.3 is 9.53 Å². The highest BCUT2D eigenvalue weighted by atomic mass is 32.2. The first-order chi connectivity index (χ1) is 9.07. The minimum absolute atomic E-state index is 0.0809. The molecule has 1 aliphatic heterocycles. The van der Waals surface area contributed by atoms with E-state index in [0.717, 1.165) is 11.8 Å². The molecule has 1 fully saturated rings. The first-order valence-corrected chi connectivity index (χ1v) is 8.18. The maximum absolute atomic E-state index is 11.5. The van der Waals surface area contributed by atoms with E-state index in [0.29, 0.717) is 18.6 Å². The predicted molar refractivity (Wildman–Crippen MR) is 73.2 cm³/mol. The summed E-state index contributed by atoms with van der Waals surface area (Å²) in [6.45, 7) is 0. The van der Waals surface area contributed by atoms with Gasteiger partial charge in [0.1, 0.15) is 21.9 Å². The van der Waals surface area contributed by atoms with E-state index >= 15 is 0 Å². The Morgan fingerprint density at radius 1 is 1.26 bits per heavy atom. The van der Waals surface area contributed by atoms with Gasteiger partial charge in [0.05, 0.1) is 18.6 Å². The van der Waals surface area contributed by atoms with E-state index in [2.05, 4.69) is 0 Å². The Morgan fingerprint density at radius 2 is 1.89 bits per heavy atom. The molecule has 1 aromatic rings. The molecule has 1 saturated heterocycles. The second kappa shape index (κ2) is 5.74. The Kier molecular flexibility index (Phi) is 4.24. The molecule has 0 bridgehead atoms. The van der Waals surface area contributed by atoms with E-state index in [1.807, 2.05) is 24.3 Å². The molecule has 104 valence electrons. The lowest BCUT2D eigenvalue weighted by atomic mass is 9.83. The highest BCUT2D eigenvalue weighted by Gasteiger charge is 2.31. The zero-order valence-electron chi connectivity index (χ0n) is 10.9. The van der Waals surface area contributed by atoms with Gasteiger partial charge in [-0.05, 0) is 24.8 Å². The Bertz CT molecular complexity index is 536. The third-order valence-corrected chi connectivity index (χ3v) is 5.47. The molecular weight excluding hydrogens is 264 g/mol. The van der Waals surface area contributed by atoms with Crippen LogP contribution in [0.4, 0.5) is 0 Å². The van der Waals surface area contributed by atoms with E-state index in [1.165, 1.54) is 0 Å². The van der Waals surface area contributed by atoms with Gasteiger partial charge in [0.2, 0.25) is 0 Å². The maximum atomic E-state index is 11.5. The van der Waals surface area contributed by atoms with Crippen molar-refractivity contribution in [2.75, 3.05) is 18.6 Å². The van der Waals surface area contributed by atoms with Gasteiger partial charge in [-0.3, -0.25) is 0 Å². The van der Waals surface area contributed by atoms with Gasteiger partial charge in [0, 0.05) is 11.5 Å². The molecule has 19 heavy (non-hydrogen) atoms. The van der Waals surface area contributed by atoms with Crippen LogP contribution in [0.25, 0.3) is 0 Å². The molecule has 1 atom stereocenters. The summed E-state index contributed by atoms with van der Waals surface area (Å²) in [7, 11) is -1.33. The Balaban J connectivity index is 2.23. The van der Waals surface area contributed by atoms with E-state index in [-0.39, 0.29) is 23.3 Å². The first-order valence-electron chi connectivity index (χ1n) is 6.36. The van der Waals surface area contributed by atoms with Gasteiger partial charge in [-0.1, -0.05) is 18.2 Å². The molecule has 0 radical (unpaired) electrons. The fraction of sp³-hybridized carbons (Fsp3) is 0.500. The maximum Gasteiger partial charge on any atom is 0.150 e. The number of sulfone groups is 1. The molecule has 4 nitrogen and oxygen atoms in total. The minimum Gasteiger partial charge on any atom is -0.496 e. The third-order valence-electron chi connectivity index (χ3n) is 3.75. The van der Waals surface area contributed by atoms with Crippen LogP contribution >= 0.6 is 0 Å². The van der Waals surface area contributed by atoms with Crippen molar-refractivity contribution >= 4 is 16.1 Å². The number of rotatable bonds is 4. The highest BCUT2D eigenvalue weighted by Crippen LogP contribution is 2.36. The number of hydrogen-bond donors (Lipinski definition) is 0. The van der Waals surface area contributed by atoms with Crippen LogP contribution in [0.1, 0.15) is 24.3 Å². The summed E-state index contributed by atoms with van der Waals surface area (Å²) >= 11 is 0. The van der Waals surface area contributed by atoms with Crippen molar-refractivity contribution in [2.45, 2.75) is 18.8 Å². The van der Waals surface area contributed by atoms with Crippen LogP contribution in [0.5, 0.6) is 5.75 Å². The highest BCUT2D eigenvalue weighted by molar-refractivity contribution is 7.91. The normalized spacial score (nSPS) is 20.7. The van der Waals surface area contributed by atoms with Gasteiger partial charge in [0.25, 0.3) is 0 Å². The molecule has 5 heteroatoms. The average molecular weight is 282 g/mol. The van der Waals surface area contributed by atoms with Crippen molar-refractivity contribution < 1.29 is 17.9 Å². The molecule has 0 N–H and O–H groups in total. The summed E-state index contributed by atoms with van der Waals surface area (Å²) in [4.78, 5) is 11.4. The summed E-state index contributed by atoms with van der Waals surface area (Å²) in [5.41, 5.74) is 0.851. The number of hydrogen-bond acceptors (Lipinski definition) is 4. The van der Waals surface area contributed by atoms with Gasteiger partial charge >= 0.3 is 0 Å². The van der Waals surface area contributed by atoms with Crippen LogP contribution in [0.2, 0.25) is 0 Å². The Hall–Kier alpha value is -1.36. The largest absolute Gasteiger partial charge is 0.496 e. The number of para-hydroxylation sites is 1. The van der Waals surface area contributed by atoms with E-state index in [4.69, 9.17) is 4.74 Å². The molecule has 0 aliphatic carbocycles. The van der Waals surface area contributed by atoms with Crippen molar-refractivity contribution in [2.24, 2.45) is 5.92 Å². The molecule has 1 aromatic carbocycles. The Morgan fingerprint density at radius 3 is 2.47 bits per heavy atom. The molecule has 1 unspecified atom stereocenters. The van der Waals surface area contributed by atoms with Gasteiger partial charge in [-0.2, -0.15) is 0 Å². The molecule has 1 heterocycles. The van der Waals surface area contributed by atoms with Crippen LogP contribution < -0.4 is 4.74 Å². The van der Waals surface area contributed by atoms with Gasteiger partial charge in [-0.25, -0.2) is 8.42 Å². The lowest BCUT2D eigenvalue weighted by molar-refractivity contribution is -0.110. The quantitative estimate of drug-likeness (QED) is 0.790. The summed E-state index contributed by atoms with van der Waals surface area (Å²) in [5.74, 6) is 0.839. The second-order valence-corrected chi connectivity index (χ2v) is 7.20. The topological polar surface area (TPSA) is 60.4 Å². The smallest absolute Gasteiger partial charge is 0.150 e. The third kappa shape index (κ3) is 3.15. The predicted octanol–water partition coefficient (Wildman–Crippen LogP) is 1.80. The number of aldehydes is 1. The molecular formula is C14H18O4S. The summed E-state index contributed by atoms with van der Waals surface area (Å²) in [5, 5.41) is 0. The summed E-state index contributed by atoms with van der Waals surface area (Å²) < 4.78 is 28.2. The molecule has 0 spiro atoms. The number of carbonyl (C=O) groups excluding carboxylic acids is 1. The summed E-state index contributed by atoms with van der Waals surface area (Å²) in [6, 6.07) is 7.43. The number of benzene rings is 1. The number of methoxy groups -OCH3 is 1. The van der Waals surface area contributed by atoms with Crippen LogP contribution in [0.3, 0.4) is 0 Å². The van der Waals surface area contributed by atoms with E-state index in [9.17, 15) is 13.2 Å². The van der Waals surface area contributed by atoms with Crippen molar-refractivity contribution in [3.63, 3.8) is 0 Å². The van der Waals surface area contributed by atoms with Crippen LogP contribution in [-0.4, -0.2) is 33.3 Å². The van der Waals surface area contributed by atoms with Crippen LogP contribution in [0.15, 0.2) is 24.3 Å². The standard InChI is InChI=1S/C14H18O4S/c1-18-14-5-3-2-4-12(14)13(10-15)11-6-8-19(16,17)9-7-11/h2-5,10-11,13H,6-9H2,1H3. The van der Waals surface area contributed by atoms with Crippen molar-refractivity contribution in [3.8, 4) is 5.75 Å². The van der Waals surface area contributed by atoms with Gasteiger partial charge in [0.15, 0.2) is 0 Å². The Labute approximate surface area is 113 Å². The first kappa shape index (κ1) is 14.1. The van der Waals surface area contributed by atoms with Crippen molar-refractivity contribution in [1.29, 1.82) is 0 Å². The minimum atomic E-state index is -2.90. The SMILES string of the molecule is COc1ccccc1C(C=O)C1CCS(=O)(=O)CC1. The molecule has 1 aliphatic rings. The average Bonchev–Trinajstić information content (AvgIpc) is 2.42. The number of ether oxygens (including phenoxy) is 1. The second-order valence-electron chi connectivity index (χ2n) is 4.89. The lowest BCUT2D eigenvalue weighted by Crippen LogP contribution is -2.28.